The molecule has 0 fully saturated rings. The Morgan fingerprint density at radius 1 is 0.938 bits per heavy atom. The number of amides is 3. The highest BCUT2D eigenvalue weighted by molar-refractivity contribution is 5.96. The third-order valence-corrected chi connectivity index (χ3v) is 4.13. The molecule has 0 saturated carbocycles. The number of aromatic hydroxyl groups is 1. The fourth-order valence-corrected chi connectivity index (χ4v) is 2.62. The third-order valence-electron chi connectivity index (χ3n) is 4.13. The second-order valence-corrected chi connectivity index (χ2v) is 6.47. The van der Waals surface area contributed by atoms with Crippen LogP contribution in [0, 0.1) is 0 Å². The number of imide groups is 1. The van der Waals surface area contributed by atoms with Crippen LogP contribution in [-0.2, 0) is 20.7 Å². The van der Waals surface area contributed by atoms with Crippen LogP contribution in [-0.4, -0.2) is 47.4 Å². The van der Waals surface area contributed by atoms with E-state index in [0.29, 0.717) is 16.2 Å². The smallest absolute Gasteiger partial charge is 0.420 e. The molecule has 2 aromatic carbocycles. The molecule has 0 bridgehead atoms. The Morgan fingerprint density at radius 2 is 1.50 bits per heavy atom. The van der Waals surface area contributed by atoms with Gasteiger partial charge in [-0.25, -0.2) is 9.59 Å². The summed E-state index contributed by atoms with van der Waals surface area (Å²) < 4.78 is 10.0. The van der Waals surface area contributed by atoms with Crippen molar-refractivity contribution in [1.29, 1.82) is 0 Å². The molecule has 3 N–H and O–H groups in total. The summed E-state index contributed by atoms with van der Waals surface area (Å²) in [5.74, 6) is -0.652. The Morgan fingerprint density at radius 3 is 2.03 bits per heavy atom. The van der Waals surface area contributed by atoms with Gasteiger partial charge >= 0.3 is 12.2 Å². The van der Waals surface area contributed by atoms with Crippen molar-refractivity contribution in [2.24, 2.45) is 0 Å². The van der Waals surface area contributed by atoms with Gasteiger partial charge in [-0.05, 0) is 29.8 Å². The van der Waals surface area contributed by atoms with Gasteiger partial charge in [0.05, 0.1) is 5.69 Å². The molecular weight excluding hydrogens is 414 g/mol. The molecule has 32 heavy (non-hydrogen) atoms. The van der Waals surface area contributed by atoms with Crippen molar-refractivity contribution < 1.29 is 29.0 Å². The Kier molecular flexibility index (Phi) is 9.32. The minimum absolute atomic E-state index is 0.0353. The van der Waals surface area contributed by atoms with Crippen molar-refractivity contribution >= 4 is 23.8 Å². The van der Waals surface area contributed by atoms with Crippen molar-refractivity contribution in [2.75, 3.05) is 18.6 Å². The zero-order valence-electron chi connectivity index (χ0n) is 17.4. The maximum Gasteiger partial charge on any atom is 0.420 e. The van der Waals surface area contributed by atoms with E-state index in [1.807, 2.05) is 6.07 Å². The topological polar surface area (TPSA) is 117 Å². The molecule has 2 aromatic rings. The van der Waals surface area contributed by atoms with Crippen LogP contribution in [0.3, 0.4) is 0 Å². The van der Waals surface area contributed by atoms with Gasteiger partial charge in [0.2, 0.25) is 0 Å². The molecule has 9 nitrogen and oxygen atoms in total. The van der Waals surface area contributed by atoms with Gasteiger partial charge in [-0.1, -0.05) is 55.6 Å². The average molecular weight is 439 g/mol. The summed E-state index contributed by atoms with van der Waals surface area (Å²) >= 11 is 0. The summed E-state index contributed by atoms with van der Waals surface area (Å²) in [4.78, 5) is 39.0. The first-order chi connectivity index (χ1) is 15.5. The molecule has 1 unspecified atom stereocenters. The van der Waals surface area contributed by atoms with Crippen molar-refractivity contribution in [3.63, 3.8) is 0 Å². The molecule has 1 atom stereocenters. The van der Waals surface area contributed by atoms with E-state index < -0.39 is 24.1 Å². The maximum absolute atomic E-state index is 13.1. The fourth-order valence-electron chi connectivity index (χ4n) is 2.62. The minimum atomic E-state index is -1.33. The SMILES string of the molecule is C=CCOC(=O)N(C(=O)OCC=C)C(Cc1ccc(O)cc1)C(=O)NNc1ccccc1. The predicted octanol–water partition coefficient (Wildman–Crippen LogP) is 3.39. The molecule has 9 heteroatoms. The minimum Gasteiger partial charge on any atom is -0.508 e. The molecule has 0 saturated heterocycles. The Hall–Kier alpha value is -4.27. The van der Waals surface area contributed by atoms with E-state index in [1.165, 1.54) is 24.3 Å². The maximum atomic E-state index is 13.1. The van der Waals surface area contributed by atoms with E-state index in [4.69, 9.17) is 9.47 Å². The first kappa shape index (κ1) is 24.0. The number of benzene rings is 2. The second kappa shape index (κ2) is 12.4. The van der Waals surface area contributed by atoms with Gasteiger partial charge in [-0.15, -0.1) is 0 Å². The molecule has 0 aliphatic heterocycles. The third kappa shape index (κ3) is 7.21. The number of phenolic OH excluding ortho intramolecular Hbond substituents is 1. The number of anilines is 1. The lowest BCUT2D eigenvalue weighted by Gasteiger charge is -2.28. The first-order valence-electron chi connectivity index (χ1n) is 9.69. The highest BCUT2D eigenvalue weighted by atomic mass is 16.6. The molecule has 0 aliphatic carbocycles. The summed E-state index contributed by atoms with van der Waals surface area (Å²) in [5, 5.41) is 9.52. The van der Waals surface area contributed by atoms with Crippen LogP contribution >= 0.6 is 0 Å². The van der Waals surface area contributed by atoms with Crippen molar-refractivity contribution in [3.8, 4) is 5.75 Å². The van der Waals surface area contributed by atoms with Crippen LogP contribution in [0.4, 0.5) is 15.3 Å². The molecule has 3 amide bonds. The zero-order valence-corrected chi connectivity index (χ0v) is 17.4. The fraction of sp³-hybridized carbons (Fsp3) is 0.174. The number of phenols is 1. The Bertz CT molecular complexity index is 907. The highest BCUT2D eigenvalue weighted by Crippen LogP contribution is 2.16. The van der Waals surface area contributed by atoms with E-state index in [1.54, 1.807) is 36.4 Å². The number of rotatable bonds is 10. The molecule has 0 radical (unpaired) electrons. The number of hydrogen-bond donors (Lipinski definition) is 3. The lowest BCUT2D eigenvalue weighted by molar-refractivity contribution is -0.125. The van der Waals surface area contributed by atoms with E-state index in [2.05, 4.69) is 24.0 Å². The molecule has 0 aromatic heterocycles. The van der Waals surface area contributed by atoms with E-state index >= 15 is 0 Å². The number of hydrazine groups is 1. The van der Waals surface area contributed by atoms with Gasteiger partial charge in [0.1, 0.15) is 25.0 Å². The van der Waals surface area contributed by atoms with Gasteiger partial charge < -0.3 is 14.6 Å². The number of nitrogens with one attached hydrogen (secondary N) is 2. The first-order valence-corrected chi connectivity index (χ1v) is 9.69. The molecule has 168 valence electrons. The lowest BCUT2D eigenvalue weighted by atomic mass is 10.0. The van der Waals surface area contributed by atoms with Crippen molar-refractivity contribution in [2.45, 2.75) is 12.5 Å². The molecule has 0 aliphatic rings. The number of nitrogens with zero attached hydrogens (tertiary/aromatic N) is 1. The van der Waals surface area contributed by atoms with Crippen LogP contribution in [0.5, 0.6) is 5.75 Å². The summed E-state index contributed by atoms with van der Waals surface area (Å²) in [6.45, 7) is 6.60. The summed E-state index contributed by atoms with van der Waals surface area (Å²) in [5.41, 5.74) is 6.41. The predicted molar refractivity (Wildman–Crippen MR) is 119 cm³/mol. The molecule has 2 rings (SSSR count). The number of carbonyl (C=O) groups excluding carboxylic acids is 3. The van der Waals surface area contributed by atoms with Crippen LogP contribution in [0.15, 0.2) is 79.9 Å². The number of para-hydroxylation sites is 1. The zero-order chi connectivity index (χ0) is 23.3. The quantitative estimate of drug-likeness (QED) is 0.384. The molecule has 0 spiro atoms. The van der Waals surface area contributed by atoms with Gasteiger partial charge in [0.25, 0.3) is 5.91 Å². The number of carbonyl (C=O) groups is 3. The highest BCUT2D eigenvalue weighted by Gasteiger charge is 2.37. The largest absolute Gasteiger partial charge is 0.508 e. The van der Waals surface area contributed by atoms with Crippen molar-refractivity contribution in [3.05, 3.63) is 85.5 Å². The van der Waals surface area contributed by atoms with E-state index in [0.717, 1.165) is 0 Å². The standard InChI is InChI=1S/C23H25N3O6/c1-3-14-31-22(29)26(23(30)32-15-4-2)20(16-17-10-12-19(27)13-11-17)21(28)25-24-18-8-6-5-7-9-18/h3-13,20,24,27H,1-2,14-16H2,(H,25,28). The van der Waals surface area contributed by atoms with Crippen LogP contribution in [0.1, 0.15) is 5.56 Å². The monoisotopic (exact) mass is 439 g/mol. The van der Waals surface area contributed by atoms with Crippen LogP contribution < -0.4 is 10.9 Å². The Labute approximate surface area is 185 Å². The van der Waals surface area contributed by atoms with E-state index in [-0.39, 0.29) is 25.4 Å². The van der Waals surface area contributed by atoms with Gasteiger partial charge in [0, 0.05) is 6.42 Å². The lowest BCUT2D eigenvalue weighted by Crippen LogP contribution is -2.54. The van der Waals surface area contributed by atoms with Crippen molar-refractivity contribution in [1.82, 2.24) is 10.3 Å². The summed E-state index contributed by atoms with van der Waals surface area (Å²) in [6, 6.07) is 13.5. The summed E-state index contributed by atoms with van der Waals surface area (Å²) in [6.07, 6.45) is 0.457. The van der Waals surface area contributed by atoms with Gasteiger partial charge in [-0.3, -0.25) is 15.6 Å². The Balaban J connectivity index is 2.32. The second-order valence-electron chi connectivity index (χ2n) is 6.47. The number of ether oxygens (including phenoxy) is 2. The van der Waals surface area contributed by atoms with Gasteiger partial charge in [-0.2, -0.15) is 4.90 Å². The van der Waals surface area contributed by atoms with Crippen LogP contribution in [0.25, 0.3) is 0 Å². The average Bonchev–Trinajstić information content (AvgIpc) is 2.81. The molecular formula is C23H25N3O6. The van der Waals surface area contributed by atoms with Crippen LogP contribution in [0.2, 0.25) is 0 Å². The van der Waals surface area contributed by atoms with Gasteiger partial charge in [0.15, 0.2) is 0 Å². The molecule has 0 heterocycles. The normalized spacial score (nSPS) is 10.9. The van der Waals surface area contributed by atoms with E-state index in [9.17, 15) is 19.5 Å². The number of hydrogen-bond acceptors (Lipinski definition) is 7. The summed E-state index contributed by atoms with van der Waals surface area (Å²) in [7, 11) is 0.